The van der Waals surface area contributed by atoms with Gasteiger partial charge >= 0.3 is 0 Å². The number of methoxy groups -OCH3 is 1. The Bertz CT molecular complexity index is 519. The molecule has 1 amide bonds. The van der Waals surface area contributed by atoms with Gasteiger partial charge in [-0.25, -0.2) is 0 Å². The lowest BCUT2D eigenvalue weighted by Gasteiger charge is -2.47. The lowest BCUT2D eigenvalue weighted by Crippen LogP contribution is -2.61. The highest BCUT2D eigenvalue weighted by Gasteiger charge is 2.38. The first-order valence-corrected chi connectivity index (χ1v) is 7.76. The standard InChI is InChI=1S/C15H23N3O4/c1-11-12(9-16-22-11)15(19)18-4-3-14-13(10-18)17(5-7-20-2)6-8-21-14/h9,13-14H,3-8,10H2,1-2H3/t13-,14-/m0/s1. The van der Waals surface area contributed by atoms with E-state index in [2.05, 4.69) is 10.1 Å². The normalized spacial score (nSPS) is 26.0. The molecule has 2 aliphatic heterocycles. The number of carbonyl (C=O) groups excluding carboxylic acids is 1. The maximum atomic E-state index is 12.6. The van der Waals surface area contributed by atoms with E-state index in [1.165, 1.54) is 6.20 Å². The molecule has 2 atom stereocenters. The van der Waals surface area contributed by atoms with Crippen molar-refractivity contribution in [2.24, 2.45) is 0 Å². The smallest absolute Gasteiger partial charge is 0.259 e. The molecule has 1 aromatic rings. The predicted octanol–water partition coefficient (Wildman–Crippen LogP) is 0.545. The summed E-state index contributed by atoms with van der Waals surface area (Å²) in [6.07, 6.45) is 2.58. The summed E-state index contributed by atoms with van der Waals surface area (Å²) in [5.41, 5.74) is 0.554. The molecule has 2 aliphatic rings. The van der Waals surface area contributed by atoms with E-state index in [0.29, 0.717) is 31.0 Å². The van der Waals surface area contributed by atoms with E-state index in [1.807, 2.05) is 4.90 Å². The Kier molecular flexibility index (Phi) is 4.75. The summed E-state index contributed by atoms with van der Waals surface area (Å²) in [5, 5.41) is 3.70. The minimum Gasteiger partial charge on any atom is -0.383 e. The van der Waals surface area contributed by atoms with Gasteiger partial charge in [0.1, 0.15) is 11.3 Å². The van der Waals surface area contributed by atoms with Gasteiger partial charge in [-0.15, -0.1) is 0 Å². The van der Waals surface area contributed by atoms with Gasteiger partial charge in [-0.3, -0.25) is 9.69 Å². The number of likely N-dealkylation sites (tertiary alicyclic amines) is 1. The van der Waals surface area contributed by atoms with Crippen LogP contribution in [0.1, 0.15) is 22.5 Å². The zero-order chi connectivity index (χ0) is 15.5. The second-order valence-corrected chi connectivity index (χ2v) is 5.84. The number of nitrogens with zero attached hydrogens (tertiary/aromatic N) is 3. The maximum Gasteiger partial charge on any atom is 0.259 e. The van der Waals surface area contributed by atoms with Gasteiger partial charge in [0, 0.05) is 33.3 Å². The summed E-state index contributed by atoms with van der Waals surface area (Å²) in [4.78, 5) is 16.9. The van der Waals surface area contributed by atoms with Crippen molar-refractivity contribution >= 4 is 5.91 Å². The van der Waals surface area contributed by atoms with E-state index in [4.69, 9.17) is 14.0 Å². The maximum absolute atomic E-state index is 12.6. The van der Waals surface area contributed by atoms with E-state index in [0.717, 1.165) is 26.1 Å². The number of morpholine rings is 1. The second kappa shape index (κ2) is 6.76. The van der Waals surface area contributed by atoms with E-state index in [-0.39, 0.29) is 18.1 Å². The van der Waals surface area contributed by atoms with Gasteiger partial charge in [0.25, 0.3) is 5.91 Å². The Hall–Kier alpha value is -1.44. The number of carbonyl (C=O) groups is 1. The molecule has 22 heavy (non-hydrogen) atoms. The van der Waals surface area contributed by atoms with Crippen molar-refractivity contribution in [2.75, 3.05) is 46.5 Å². The van der Waals surface area contributed by atoms with Crippen molar-refractivity contribution in [2.45, 2.75) is 25.5 Å². The first-order valence-electron chi connectivity index (χ1n) is 7.76. The Balaban J connectivity index is 1.69. The van der Waals surface area contributed by atoms with E-state index in [9.17, 15) is 4.79 Å². The number of hydrogen-bond donors (Lipinski definition) is 0. The molecule has 3 rings (SSSR count). The van der Waals surface area contributed by atoms with Crippen LogP contribution in [0.4, 0.5) is 0 Å². The largest absolute Gasteiger partial charge is 0.383 e. The number of aromatic nitrogens is 1. The molecule has 0 spiro atoms. The van der Waals surface area contributed by atoms with Gasteiger partial charge in [-0.1, -0.05) is 5.16 Å². The first kappa shape index (κ1) is 15.5. The van der Waals surface area contributed by atoms with Crippen LogP contribution in [-0.4, -0.2) is 79.5 Å². The average molecular weight is 309 g/mol. The summed E-state index contributed by atoms with van der Waals surface area (Å²) in [6, 6.07) is 0.238. The molecular formula is C15H23N3O4. The van der Waals surface area contributed by atoms with Crippen LogP contribution in [0.2, 0.25) is 0 Å². The fourth-order valence-electron chi connectivity index (χ4n) is 3.29. The topological polar surface area (TPSA) is 68.0 Å². The Morgan fingerprint density at radius 1 is 1.50 bits per heavy atom. The zero-order valence-electron chi connectivity index (χ0n) is 13.2. The number of rotatable bonds is 4. The quantitative estimate of drug-likeness (QED) is 0.809. The molecule has 0 saturated carbocycles. The van der Waals surface area contributed by atoms with Gasteiger partial charge in [0.05, 0.1) is 31.6 Å². The third kappa shape index (κ3) is 3.02. The molecule has 1 aromatic heterocycles. The van der Waals surface area contributed by atoms with Gasteiger partial charge in [0.2, 0.25) is 0 Å². The first-order chi connectivity index (χ1) is 10.7. The lowest BCUT2D eigenvalue weighted by molar-refractivity contribution is -0.101. The van der Waals surface area contributed by atoms with E-state index in [1.54, 1.807) is 14.0 Å². The van der Waals surface area contributed by atoms with Crippen molar-refractivity contribution in [1.29, 1.82) is 0 Å². The van der Waals surface area contributed by atoms with Gasteiger partial charge in [0.15, 0.2) is 0 Å². The number of aryl methyl sites for hydroxylation is 1. The van der Waals surface area contributed by atoms with Crippen LogP contribution in [0, 0.1) is 6.92 Å². The summed E-state index contributed by atoms with van der Waals surface area (Å²) >= 11 is 0. The Labute approximate surface area is 130 Å². The number of amides is 1. The summed E-state index contributed by atoms with van der Waals surface area (Å²) < 4.78 is 16.1. The number of hydrogen-bond acceptors (Lipinski definition) is 6. The molecule has 7 nitrogen and oxygen atoms in total. The fraction of sp³-hybridized carbons (Fsp3) is 0.733. The molecule has 0 radical (unpaired) electrons. The van der Waals surface area contributed by atoms with Crippen LogP contribution < -0.4 is 0 Å². The van der Waals surface area contributed by atoms with Crippen LogP contribution in [0.15, 0.2) is 10.7 Å². The molecule has 0 unspecified atom stereocenters. The van der Waals surface area contributed by atoms with Crippen LogP contribution in [0.3, 0.4) is 0 Å². The van der Waals surface area contributed by atoms with E-state index < -0.39 is 0 Å². The van der Waals surface area contributed by atoms with Crippen LogP contribution in [0.5, 0.6) is 0 Å². The zero-order valence-corrected chi connectivity index (χ0v) is 13.2. The van der Waals surface area contributed by atoms with Crippen LogP contribution in [0.25, 0.3) is 0 Å². The van der Waals surface area contributed by atoms with Crippen molar-refractivity contribution in [3.05, 3.63) is 17.5 Å². The minimum absolute atomic E-state index is 0.00513. The summed E-state index contributed by atoms with van der Waals surface area (Å²) in [6.45, 7) is 6.36. The SMILES string of the molecule is COCCN1CCO[C@H]2CCN(C(=O)c3cnoc3C)C[C@@H]21. The summed E-state index contributed by atoms with van der Waals surface area (Å²) in [5.74, 6) is 0.567. The van der Waals surface area contributed by atoms with Crippen molar-refractivity contribution < 1.29 is 18.8 Å². The van der Waals surface area contributed by atoms with Gasteiger partial charge in [-0.2, -0.15) is 0 Å². The molecule has 0 aliphatic carbocycles. The highest BCUT2D eigenvalue weighted by molar-refractivity contribution is 5.94. The fourth-order valence-corrected chi connectivity index (χ4v) is 3.29. The Morgan fingerprint density at radius 2 is 2.36 bits per heavy atom. The predicted molar refractivity (Wildman–Crippen MR) is 78.7 cm³/mol. The second-order valence-electron chi connectivity index (χ2n) is 5.84. The van der Waals surface area contributed by atoms with Crippen LogP contribution in [-0.2, 0) is 9.47 Å². The molecule has 0 bridgehead atoms. The third-order valence-electron chi connectivity index (χ3n) is 4.55. The highest BCUT2D eigenvalue weighted by atomic mass is 16.5. The van der Waals surface area contributed by atoms with Crippen molar-refractivity contribution in [3.63, 3.8) is 0 Å². The van der Waals surface area contributed by atoms with Crippen molar-refractivity contribution in [1.82, 2.24) is 15.0 Å². The molecule has 3 heterocycles. The molecule has 7 heteroatoms. The van der Waals surface area contributed by atoms with Gasteiger partial charge in [-0.05, 0) is 13.3 Å². The molecule has 2 saturated heterocycles. The molecular weight excluding hydrogens is 286 g/mol. The van der Waals surface area contributed by atoms with Crippen molar-refractivity contribution in [3.8, 4) is 0 Å². The molecule has 0 aromatic carbocycles. The van der Waals surface area contributed by atoms with Crippen LogP contribution >= 0.6 is 0 Å². The Morgan fingerprint density at radius 3 is 3.09 bits per heavy atom. The lowest BCUT2D eigenvalue weighted by atomic mass is 9.98. The summed E-state index contributed by atoms with van der Waals surface area (Å²) in [7, 11) is 1.71. The average Bonchev–Trinajstić information content (AvgIpc) is 2.97. The molecule has 122 valence electrons. The minimum atomic E-state index is -0.00513. The number of fused-ring (bicyclic) bond motifs is 1. The monoisotopic (exact) mass is 309 g/mol. The van der Waals surface area contributed by atoms with E-state index >= 15 is 0 Å². The van der Waals surface area contributed by atoms with Gasteiger partial charge < -0.3 is 18.9 Å². The molecule has 2 fully saturated rings. The highest BCUT2D eigenvalue weighted by Crippen LogP contribution is 2.24. The third-order valence-corrected chi connectivity index (χ3v) is 4.55. The number of ether oxygens (including phenoxy) is 2. The number of piperidine rings is 1. The molecule has 0 N–H and O–H groups in total.